The Morgan fingerprint density at radius 1 is 0.593 bits per heavy atom. The lowest BCUT2D eigenvalue weighted by Gasteiger charge is -2.24. The maximum absolute atomic E-state index is 9.15. The molecule has 2 aromatic heterocycles. The summed E-state index contributed by atoms with van der Waals surface area (Å²) in [6, 6.07) is 53.9. The molecule has 4 nitrogen and oxygen atoms in total. The van der Waals surface area contributed by atoms with Crippen LogP contribution in [0.25, 0.3) is 54.1 Å². The standard InChI is InChI=1S/C54H50N4S/c55-47(39-23-11-3-12-24-39)35-49(40-25-13-4-14-26-40)56-48-32-31-44(37-19-7-1-8-20-37)52-46-34-43(33-45(53(46)59-54(48)52)38-21-9-2-10-22-38)58-51(42-29-17-6-18-30-42)36-50(57-58)41-27-15-5-16-28-41/h3-6,11-18,23-38,55-56H,1-2,7-10,19-22H2/b49-35-,55-47?. The van der Waals surface area contributed by atoms with Gasteiger partial charge in [0.2, 0.25) is 0 Å². The molecule has 2 N–H and O–H groups in total. The summed E-state index contributed by atoms with van der Waals surface area (Å²) in [5.41, 5.74) is 12.9. The van der Waals surface area contributed by atoms with E-state index in [9.17, 15) is 0 Å². The van der Waals surface area contributed by atoms with Crippen LogP contribution in [0.2, 0.25) is 0 Å². The van der Waals surface area contributed by atoms with Crippen molar-refractivity contribution in [2.75, 3.05) is 5.32 Å². The highest BCUT2D eigenvalue weighted by atomic mass is 32.1. The molecule has 6 aromatic carbocycles. The quantitative estimate of drug-likeness (QED) is 0.136. The molecule has 0 spiro atoms. The first-order valence-electron chi connectivity index (χ1n) is 21.6. The Hall–Kier alpha value is -6.04. The fraction of sp³-hybridized carbons (Fsp3) is 0.222. The van der Waals surface area contributed by atoms with Crippen LogP contribution in [-0.4, -0.2) is 15.5 Å². The summed E-state index contributed by atoms with van der Waals surface area (Å²) in [6.07, 6.45) is 14.6. The van der Waals surface area contributed by atoms with Gasteiger partial charge in [-0.2, -0.15) is 5.10 Å². The number of benzene rings is 6. The van der Waals surface area contributed by atoms with E-state index in [1.54, 1.807) is 0 Å². The van der Waals surface area contributed by atoms with Crippen molar-refractivity contribution in [1.29, 1.82) is 5.41 Å². The average molecular weight is 787 g/mol. The largest absolute Gasteiger partial charge is 0.354 e. The molecular weight excluding hydrogens is 737 g/mol. The van der Waals surface area contributed by atoms with Crippen LogP contribution in [0.1, 0.15) is 98.3 Å². The zero-order chi connectivity index (χ0) is 39.5. The van der Waals surface area contributed by atoms with Crippen molar-refractivity contribution in [1.82, 2.24) is 9.78 Å². The van der Waals surface area contributed by atoms with Crippen molar-refractivity contribution >= 4 is 48.6 Å². The van der Waals surface area contributed by atoms with E-state index >= 15 is 0 Å². The lowest BCUT2D eigenvalue weighted by Crippen LogP contribution is -2.07. The first-order valence-corrected chi connectivity index (χ1v) is 22.4. The Balaban J connectivity index is 1.21. The van der Waals surface area contributed by atoms with Gasteiger partial charge in [-0.1, -0.05) is 166 Å². The fourth-order valence-electron chi connectivity index (χ4n) is 9.65. The van der Waals surface area contributed by atoms with Gasteiger partial charge in [0.05, 0.1) is 33.2 Å². The molecule has 59 heavy (non-hydrogen) atoms. The molecule has 0 unspecified atom stereocenters. The minimum absolute atomic E-state index is 0.482. The van der Waals surface area contributed by atoms with E-state index < -0.39 is 0 Å². The first kappa shape index (κ1) is 37.2. The molecule has 0 amide bonds. The van der Waals surface area contributed by atoms with Crippen LogP contribution in [0.3, 0.4) is 0 Å². The summed E-state index contributed by atoms with van der Waals surface area (Å²) in [7, 11) is 0. The predicted octanol–water partition coefficient (Wildman–Crippen LogP) is 15.2. The Morgan fingerprint density at radius 2 is 1.17 bits per heavy atom. The molecule has 2 saturated carbocycles. The van der Waals surface area contributed by atoms with Gasteiger partial charge in [0.15, 0.2) is 0 Å². The van der Waals surface area contributed by atoms with Gasteiger partial charge in [-0.05, 0) is 90.1 Å². The highest BCUT2D eigenvalue weighted by Crippen LogP contribution is 2.50. The fourth-order valence-corrected chi connectivity index (χ4v) is 11.0. The van der Waals surface area contributed by atoms with Crippen LogP contribution < -0.4 is 5.32 Å². The van der Waals surface area contributed by atoms with Crippen molar-refractivity contribution < 1.29 is 0 Å². The summed E-state index contributed by atoms with van der Waals surface area (Å²) in [4.78, 5) is 0. The van der Waals surface area contributed by atoms with Gasteiger partial charge in [0.1, 0.15) is 0 Å². The molecular formula is C54H50N4S. The topological polar surface area (TPSA) is 53.7 Å². The Kier molecular flexibility index (Phi) is 10.5. The third-order valence-electron chi connectivity index (χ3n) is 12.7. The second kappa shape index (κ2) is 16.7. The molecule has 292 valence electrons. The van der Waals surface area contributed by atoms with Gasteiger partial charge in [-0.15, -0.1) is 11.3 Å². The van der Waals surface area contributed by atoms with Gasteiger partial charge in [-0.3, -0.25) is 0 Å². The normalized spacial score (nSPS) is 15.5. The smallest absolute Gasteiger partial charge is 0.0934 e. The third kappa shape index (κ3) is 7.56. The zero-order valence-electron chi connectivity index (χ0n) is 33.5. The van der Waals surface area contributed by atoms with Gasteiger partial charge in [-0.25, -0.2) is 4.68 Å². The average Bonchev–Trinajstić information content (AvgIpc) is 3.94. The van der Waals surface area contributed by atoms with Crippen LogP contribution in [0.15, 0.2) is 158 Å². The number of nitrogens with zero attached hydrogens (tertiary/aromatic N) is 2. The summed E-state index contributed by atoms with van der Waals surface area (Å²) >= 11 is 1.97. The zero-order valence-corrected chi connectivity index (χ0v) is 34.4. The van der Waals surface area contributed by atoms with E-state index in [0.717, 1.165) is 50.7 Å². The van der Waals surface area contributed by atoms with Gasteiger partial charge in [0, 0.05) is 32.3 Å². The van der Waals surface area contributed by atoms with Crippen molar-refractivity contribution in [2.24, 2.45) is 0 Å². The number of allylic oxidation sites excluding steroid dienone is 1. The molecule has 2 fully saturated rings. The molecule has 2 aliphatic rings. The van der Waals surface area contributed by atoms with Crippen LogP contribution in [0, 0.1) is 5.41 Å². The Labute approximate surface area is 351 Å². The van der Waals surface area contributed by atoms with Gasteiger partial charge >= 0.3 is 0 Å². The third-order valence-corrected chi connectivity index (χ3v) is 14.0. The highest BCUT2D eigenvalue weighted by molar-refractivity contribution is 7.26. The Morgan fingerprint density at radius 3 is 1.81 bits per heavy atom. The van der Waals surface area contributed by atoms with Gasteiger partial charge in [0.25, 0.3) is 0 Å². The second-order valence-corrected chi connectivity index (χ2v) is 17.5. The van der Waals surface area contributed by atoms with Crippen molar-refractivity contribution in [3.05, 3.63) is 180 Å². The van der Waals surface area contributed by atoms with Crippen LogP contribution >= 0.6 is 11.3 Å². The number of rotatable bonds is 10. The molecule has 0 atom stereocenters. The number of anilines is 1. The Bertz CT molecular complexity index is 2750. The maximum atomic E-state index is 9.15. The molecule has 0 radical (unpaired) electrons. The van der Waals surface area contributed by atoms with E-state index in [4.69, 9.17) is 10.5 Å². The number of hydrogen-bond acceptors (Lipinski definition) is 4. The molecule has 2 heterocycles. The monoisotopic (exact) mass is 786 g/mol. The van der Waals surface area contributed by atoms with Gasteiger partial charge < -0.3 is 10.7 Å². The highest BCUT2D eigenvalue weighted by Gasteiger charge is 2.27. The SMILES string of the molecule is N=C(/C=C(\Nc1ccc(C2CCCCC2)c2c1sc1c(C3CCCCC3)cc(-n3nc(-c4ccccc4)cc3-c3ccccc3)cc12)c1ccccc1)c1ccccc1. The summed E-state index contributed by atoms with van der Waals surface area (Å²) in [5.74, 6) is 1.04. The van der Waals surface area contributed by atoms with E-state index in [2.05, 4.69) is 131 Å². The first-order chi connectivity index (χ1) is 29.2. The summed E-state index contributed by atoms with van der Waals surface area (Å²) in [5, 5.41) is 21.3. The summed E-state index contributed by atoms with van der Waals surface area (Å²) in [6.45, 7) is 0. The molecule has 2 aliphatic carbocycles. The van der Waals surface area contributed by atoms with Crippen molar-refractivity contribution in [3.63, 3.8) is 0 Å². The number of hydrogen-bond donors (Lipinski definition) is 2. The molecule has 5 heteroatoms. The van der Waals surface area contributed by atoms with Crippen molar-refractivity contribution in [3.8, 4) is 28.2 Å². The van der Waals surface area contributed by atoms with E-state index in [1.807, 2.05) is 47.7 Å². The van der Waals surface area contributed by atoms with Crippen LogP contribution in [0.5, 0.6) is 0 Å². The minimum atomic E-state index is 0.482. The molecule has 0 bridgehead atoms. The number of fused-ring (bicyclic) bond motifs is 3. The second-order valence-electron chi connectivity index (χ2n) is 16.5. The van der Waals surface area contributed by atoms with Crippen LogP contribution in [0.4, 0.5) is 5.69 Å². The summed E-state index contributed by atoms with van der Waals surface area (Å²) < 4.78 is 4.95. The lowest BCUT2D eigenvalue weighted by atomic mass is 9.81. The van der Waals surface area contributed by atoms with E-state index in [-0.39, 0.29) is 0 Å². The van der Waals surface area contributed by atoms with Crippen LogP contribution in [-0.2, 0) is 0 Å². The molecule has 0 aliphatic heterocycles. The van der Waals surface area contributed by atoms with E-state index in [0.29, 0.717) is 17.5 Å². The minimum Gasteiger partial charge on any atom is -0.354 e. The molecule has 0 saturated heterocycles. The number of nitrogens with one attached hydrogen (secondary N) is 2. The van der Waals surface area contributed by atoms with E-state index in [1.165, 1.54) is 95.5 Å². The molecule has 8 aromatic rings. The van der Waals surface area contributed by atoms with Crippen molar-refractivity contribution in [2.45, 2.75) is 76.0 Å². The lowest BCUT2D eigenvalue weighted by molar-refractivity contribution is 0.445. The maximum Gasteiger partial charge on any atom is 0.0934 e. The number of aromatic nitrogens is 2. The number of thiophene rings is 1. The molecule has 10 rings (SSSR count). The predicted molar refractivity (Wildman–Crippen MR) is 250 cm³/mol.